The van der Waals surface area contributed by atoms with E-state index in [9.17, 15) is 9.59 Å². The minimum Gasteiger partial charge on any atom is -0.347 e. The summed E-state index contributed by atoms with van der Waals surface area (Å²) >= 11 is 1.31. The summed E-state index contributed by atoms with van der Waals surface area (Å²) in [6, 6.07) is 3.42. The van der Waals surface area contributed by atoms with Gasteiger partial charge in [0.1, 0.15) is 0 Å². The van der Waals surface area contributed by atoms with Crippen molar-refractivity contribution in [2.75, 3.05) is 25.5 Å². The number of nitrogens with zero attached hydrogens (tertiary/aromatic N) is 5. The molecule has 0 radical (unpaired) electrons. The van der Waals surface area contributed by atoms with Gasteiger partial charge in [0, 0.05) is 37.8 Å². The Bertz CT molecular complexity index is 1060. The van der Waals surface area contributed by atoms with Gasteiger partial charge >= 0.3 is 0 Å². The maximum atomic E-state index is 13.1. The van der Waals surface area contributed by atoms with Crippen molar-refractivity contribution in [3.8, 4) is 11.3 Å². The molecule has 3 aromatic heterocycles. The largest absolute Gasteiger partial charge is 0.347 e. The third-order valence-corrected chi connectivity index (χ3v) is 6.06. The molecule has 0 bridgehead atoms. The zero-order valence-electron chi connectivity index (χ0n) is 16.5. The fraction of sp³-hybridized carbons (Fsp3) is 0.350. The number of aromatic nitrogens is 4. The van der Waals surface area contributed by atoms with Crippen LogP contribution < -0.4 is 4.90 Å². The molecule has 1 aliphatic heterocycles. The monoisotopic (exact) mass is 410 g/mol. The summed E-state index contributed by atoms with van der Waals surface area (Å²) in [4.78, 5) is 37.9. The normalized spacial score (nSPS) is 16.2. The van der Waals surface area contributed by atoms with Gasteiger partial charge in [-0.25, -0.2) is 9.97 Å². The van der Waals surface area contributed by atoms with Crippen LogP contribution in [0.3, 0.4) is 0 Å². The first-order chi connectivity index (χ1) is 14.0. The molecule has 0 aliphatic carbocycles. The Balaban J connectivity index is 1.65. The zero-order valence-corrected chi connectivity index (χ0v) is 17.4. The van der Waals surface area contributed by atoms with E-state index in [1.54, 1.807) is 23.8 Å². The standard InChI is InChI=1S/C20H22N6O2S/c1-12(27)17-9-13(11-29-17)19(28)26-8-4-5-16(26)18-14(10-22-24-18)15-6-7-21-20(23-15)25(2)3/h6-7,9-11,16H,4-5,8H2,1-3H3,(H,22,24)/t16-/m0/s1. The summed E-state index contributed by atoms with van der Waals surface area (Å²) in [5.41, 5.74) is 3.07. The molecule has 0 unspecified atom stereocenters. The van der Waals surface area contributed by atoms with Crippen LogP contribution in [0.4, 0.5) is 5.95 Å². The SMILES string of the molecule is CC(=O)c1cc(C(=O)N2CCC[C@H]2c2[nH]ncc2-c2ccnc(N(C)C)n2)cs1. The number of Topliss-reactive ketones (excluding diaryl/α,β-unsaturated/α-hetero) is 1. The Labute approximate surface area is 172 Å². The number of nitrogens with one attached hydrogen (secondary N) is 1. The molecule has 1 saturated heterocycles. The Morgan fingerprint density at radius 1 is 1.34 bits per heavy atom. The minimum atomic E-state index is -0.113. The Hall–Kier alpha value is -3.07. The molecule has 0 aromatic carbocycles. The zero-order chi connectivity index (χ0) is 20.5. The predicted octanol–water partition coefficient (Wildman–Crippen LogP) is 3.17. The van der Waals surface area contributed by atoms with Crippen molar-refractivity contribution in [1.82, 2.24) is 25.1 Å². The van der Waals surface area contributed by atoms with Gasteiger partial charge in [0.15, 0.2) is 5.78 Å². The van der Waals surface area contributed by atoms with Gasteiger partial charge in [-0.2, -0.15) is 5.10 Å². The number of carbonyl (C=O) groups is 2. The maximum Gasteiger partial charge on any atom is 0.255 e. The topological polar surface area (TPSA) is 95.1 Å². The number of anilines is 1. The second-order valence-electron chi connectivity index (χ2n) is 7.25. The van der Waals surface area contributed by atoms with Crippen LogP contribution >= 0.6 is 11.3 Å². The van der Waals surface area contributed by atoms with Crippen molar-refractivity contribution >= 4 is 29.0 Å². The molecule has 1 aliphatic rings. The van der Waals surface area contributed by atoms with Crippen LogP contribution in [0.5, 0.6) is 0 Å². The minimum absolute atomic E-state index is 0.0247. The highest BCUT2D eigenvalue weighted by molar-refractivity contribution is 7.12. The van der Waals surface area contributed by atoms with Crippen molar-refractivity contribution < 1.29 is 9.59 Å². The molecule has 4 rings (SSSR count). The Morgan fingerprint density at radius 2 is 2.17 bits per heavy atom. The molecule has 1 fully saturated rings. The molecule has 0 spiro atoms. The molecule has 29 heavy (non-hydrogen) atoms. The number of thiophene rings is 1. The van der Waals surface area contributed by atoms with E-state index in [0.29, 0.717) is 22.9 Å². The summed E-state index contributed by atoms with van der Waals surface area (Å²) < 4.78 is 0. The number of likely N-dealkylation sites (tertiary alicyclic amines) is 1. The number of amides is 1. The summed E-state index contributed by atoms with van der Waals surface area (Å²) in [7, 11) is 3.78. The fourth-order valence-electron chi connectivity index (χ4n) is 3.58. The van der Waals surface area contributed by atoms with E-state index in [1.807, 2.05) is 30.0 Å². The number of hydrogen-bond donors (Lipinski definition) is 1. The highest BCUT2D eigenvalue weighted by Gasteiger charge is 2.34. The van der Waals surface area contributed by atoms with E-state index in [0.717, 1.165) is 29.8 Å². The van der Waals surface area contributed by atoms with Gasteiger partial charge in [-0.1, -0.05) is 0 Å². The van der Waals surface area contributed by atoms with Crippen molar-refractivity contribution in [2.24, 2.45) is 0 Å². The van der Waals surface area contributed by atoms with Crippen LogP contribution in [-0.2, 0) is 0 Å². The molecule has 9 heteroatoms. The van der Waals surface area contributed by atoms with E-state index in [2.05, 4.69) is 20.2 Å². The van der Waals surface area contributed by atoms with Crippen LogP contribution in [-0.4, -0.2) is 57.4 Å². The summed E-state index contributed by atoms with van der Waals surface area (Å²) in [5.74, 6) is 0.529. The first-order valence-electron chi connectivity index (χ1n) is 9.40. The van der Waals surface area contributed by atoms with Crippen molar-refractivity contribution in [1.29, 1.82) is 0 Å². The lowest BCUT2D eigenvalue weighted by Gasteiger charge is -2.24. The van der Waals surface area contributed by atoms with Gasteiger partial charge in [0.25, 0.3) is 5.91 Å². The average molecular weight is 411 g/mol. The van der Waals surface area contributed by atoms with Crippen molar-refractivity contribution in [3.05, 3.63) is 46.0 Å². The van der Waals surface area contributed by atoms with Gasteiger partial charge < -0.3 is 9.80 Å². The highest BCUT2D eigenvalue weighted by atomic mass is 32.1. The van der Waals surface area contributed by atoms with Crippen molar-refractivity contribution in [2.45, 2.75) is 25.8 Å². The van der Waals surface area contributed by atoms with Crippen LogP contribution in [0.2, 0.25) is 0 Å². The van der Waals surface area contributed by atoms with E-state index >= 15 is 0 Å². The molecule has 1 N–H and O–H groups in total. The van der Waals surface area contributed by atoms with Gasteiger partial charge in [0.05, 0.1) is 34.1 Å². The number of H-pyrrole nitrogens is 1. The number of carbonyl (C=O) groups excluding carboxylic acids is 2. The molecular formula is C20H22N6O2S. The number of aromatic amines is 1. The molecule has 4 heterocycles. The van der Waals surface area contributed by atoms with Crippen LogP contribution in [0, 0.1) is 0 Å². The second kappa shape index (κ2) is 7.75. The molecule has 1 amide bonds. The average Bonchev–Trinajstić information content (AvgIpc) is 3.47. The third-order valence-electron chi connectivity index (χ3n) is 5.03. The lowest BCUT2D eigenvalue weighted by atomic mass is 10.0. The Morgan fingerprint density at radius 3 is 2.90 bits per heavy atom. The molecule has 3 aromatic rings. The van der Waals surface area contributed by atoms with Crippen LogP contribution in [0.15, 0.2) is 29.9 Å². The summed E-state index contributed by atoms with van der Waals surface area (Å²) in [6.07, 6.45) is 5.22. The molecule has 1 atom stereocenters. The van der Waals surface area contributed by atoms with E-state index < -0.39 is 0 Å². The maximum absolute atomic E-state index is 13.1. The van der Waals surface area contributed by atoms with Gasteiger partial charge in [-0.15, -0.1) is 11.3 Å². The van der Waals surface area contributed by atoms with E-state index in [4.69, 9.17) is 0 Å². The van der Waals surface area contributed by atoms with Crippen LogP contribution in [0.25, 0.3) is 11.3 Å². The van der Waals surface area contributed by atoms with Gasteiger partial charge in [0.2, 0.25) is 5.95 Å². The van der Waals surface area contributed by atoms with Crippen molar-refractivity contribution in [3.63, 3.8) is 0 Å². The smallest absolute Gasteiger partial charge is 0.255 e. The number of rotatable bonds is 5. The Kier molecular flexibility index (Phi) is 5.14. The number of ketones is 1. The van der Waals surface area contributed by atoms with E-state index in [-0.39, 0.29) is 17.7 Å². The summed E-state index contributed by atoms with van der Waals surface area (Å²) in [5, 5.41) is 9.08. The van der Waals surface area contributed by atoms with E-state index in [1.165, 1.54) is 18.3 Å². The van der Waals surface area contributed by atoms with Gasteiger partial charge in [-0.05, 0) is 31.9 Å². The molecule has 8 nitrogen and oxygen atoms in total. The van der Waals surface area contributed by atoms with Gasteiger partial charge in [-0.3, -0.25) is 14.7 Å². The third kappa shape index (κ3) is 3.65. The quantitative estimate of drug-likeness (QED) is 0.649. The summed E-state index contributed by atoms with van der Waals surface area (Å²) in [6.45, 7) is 2.18. The second-order valence-corrected chi connectivity index (χ2v) is 8.16. The molecule has 150 valence electrons. The first kappa shape index (κ1) is 19.3. The molecule has 0 saturated carbocycles. The first-order valence-corrected chi connectivity index (χ1v) is 10.3. The lowest BCUT2D eigenvalue weighted by Crippen LogP contribution is -2.30. The number of hydrogen-bond acceptors (Lipinski definition) is 7. The predicted molar refractivity (Wildman–Crippen MR) is 111 cm³/mol. The fourth-order valence-corrected chi connectivity index (χ4v) is 4.36. The highest BCUT2D eigenvalue weighted by Crippen LogP contribution is 2.37. The van der Waals surface area contributed by atoms with Crippen LogP contribution in [0.1, 0.15) is 51.5 Å². The molecular weight excluding hydrogens is 388 g/mol. The lowest BCUT2D eigenvalue weighted by molar-refractivity contribution is 0.0734.